The first-order chi connectivity index (χ1) is 10.3. The van der Waals surface area contributed by atoms with Crippen LogP contribution >= 0.6 is 0 Å². The third-order valence-corrected chi connectivity index (χ3v) is 3.86. The van der Waals surface area contributed by atoms with E-state index < -0.39 is 0 Å². The topological polar surface area (TPSA) is 51.5 Å². The molecule has 1 aliphatic heterocycles. The van der Waals surface area contributed by atoms with E-state index in [2.05, 4.69) is 11.4 Å². The second kappa shape index (κ2) is 4.38. The van der Waals surface area contributed by atoms with Crippen LogP contribution in [0.2, 0.25) is 0 Å². The molecule has 4 rings (SSSR count). The lowest BCUT2D eigenvalue weighted by atomic mass is 9.93. The van der Waals surface area contributed by atoms with E-state index in [1.807, 2.05) is 24.3 Å². The van der Waals surface area contributed by atoms with Gasteiger partial charge in [0.1, 0.15) is 17.0 Å². The van der Waals surface area contributed by atoms with Crippen LogP contribution in [0, 0.1) is 0 Å². The lowest BCUT2D eigenvalue weighted by Gasteiger charge is -2.21. The van der Waals surface area contributed by atoms with E-state index in [1.165, 1.54) is 5.56 Å². The number of hydrogen-bond acceptors (Lipinski definition) is 4. The molecule has 0 atom stereocenters. The SMILES string of the molecule is COc1ccc2oc(=O)c3c(c2c1)-c1ccccc1CN3. The molecule has 0 bridgehead atoms. The van der Waals surface area contributed by atoms with Crippen molar-refractivity contribution in [2.45, 2.75) is 6.54 Å². The van der Waals surface area contributed by atoms with Crippen LogP contribution in [-0.4, -0.2) is 7.11 Å². The van der Waals surface area contributed by atoms with Crippen molar-refractivity contribution >= 4 is 16.7 Å². The van der Waals surface area contributed by atoms with Crippen molar-refractivity contribution in [2.75, 3.05) is 12.4 Å². The zero-order valence-electron chi connectivity index (χ0n) is 11.5. The monoisotopic (exact) mass is 279 g/mol. The van der Waals surface area contributed by atoms with Gasteiger partial charge in [-0.15, -0.1) is 0 Å². The molecular weight excluding hydrogens is 266 g/mol. The molecule has 0 fully saturated rings. The number of ether oxygens (including phenoxy) is 1. The Balaban J connectivity index is 2.17. The molecular formula is C17H13NO3. The number of rotatable bonds is 1. The van der Waals surface area contributed by atoms with E-state index in [9.17, 15) is 4.79 Å². The van der Waals surface area contributed by atoms with Crippen LogP contribution in [0.5, 0.6) is 5.75 Å². The molecule has 1 aromatic heterocycles. The molecule has 0 spiro atoms. The summed E-state index contributed by atoms with van der Waals surface area (Å²) in [5.41, 5.74) is 3.88. The van der Waals surface area contributed by atoms with E-state index in [0.717, 1.165) is 22.3 Å². The first-order valence-corrected chi connectivity index (χ1v) is 6.75. The fourth-order valence-electron chi connectivity index (χ4n) is 2.85. The van der Waals surface area contributed by atoms with Gasteiger partial charge in [0.2, 0.25) is 0 Å². The maximum atomic E-state index is 12.2. The van der Waals surface area contributed by atoms with Gasteiger partial charge >= 0.3 is 5.63 Å². The summed E-state index contributed by atoms with van der Waals surface area (Å²) in [4.78, 5) is 12.2. The standard InChI is InChI=1S/C17H13NO3/c1-20-11-6-7-14-13(8-11)15-12-5-3-2-4-10(12)9-18-16(15)17(19)21-14/h2-8,18H,9H2,1H3. The molecule has 21 heavy (non-hydrogen) atoms. The van der Waals surface area contributed by atoms with Gasteiger partial charge in [0.05, 0.1) is 7.11 Å². The summed E-state index contributed by atoms with van der Waals surface area (Å²) >= 11 is 0. The lowest BCUT2D eigenvalue weighted by molar-refractivity contribution is 0.415. The first-order valence-electron chi connectivity index (χ1n) is 6.75. The predicted molar refractivity (Wildman–Crippen MR) is 81.8 cm³/mol. The van der Waals surface area contributed by atoms with E-state index >= 15 is 0 Å². The number of anilines is 1. The van der Waals surface area contributed by atoms with Crippen molar-refractivity contribution in [1.29, 1.82) is 0 Å². The smallest absolute Gasteiger partial charge is 0.360 e. The highest BCUT2D eigenvalue weighted by molar-refractivity contribution is 6.01. The second-order valence-electron chi connectivity index (χ2n) is 5.01. The summed E-state index contributed by atoms with van der Waals surface area (Å²) in [7, 11) is 1.62. The Labute approximate surface area is 121 Å². The highest BCUT2D eigenvalue weighted by Gasteiger charge is 2.22. The fourth-order valence-corrected chi connectivity index (χ4v) is 2.85. The van der Waals surface area contributed by atoms with Crippen molar-refractivity contribution in [2.24, 2.45) is 0 Å². The highest BCUT2D eigenvalue weighted by atomic mass is 16.5. The minimum atomic E-state index is -0.336. The Hall–Kier alpha value is -2.75. The molecule has 1 aliphatic rings. The molecule has 3 aromatic rings. The van der Waals surface area contributed by atoms with Crippen molar-refractivity contribution in [3.8, 4) is 16.9 Å². The fraction of sp³-hybridized carbons (Fsp3) is 0.118. The third kappa shape index (κ3) is 1.72. The summed E-state index contributed by atoms with van der Waals surface area (Å²) in [5.74, 6) is 0.738. The van der Waals surface area contributed by atoms with Gasteiger partial charge in [-0.1, -0.05) is 24.3 Å². The Morgan fingerprint density at radius 2 is 2.05 bits per heavy atom. The van der Waals surface area contributed by atoms with Crippen LogP contribution in [-0.2, 0) is 6.54 Å². The van der Waals surface area contributed by atoms with E-state index in [4.69, 9.17) is 9.15 Å². The van der Waals surface area contributed by atoms with E-state index in [-0.39, 0.29) is 5.63 Å². The van der Waals surface area contributed by atoms with Gasteiger partial charge < -0.3 is 14.5 Å². The molecule has 0 saturated carbocycles. The number of fused-ring (bicyclic) bond motifs is 5. The largest absolute Gasteiger partial charge is 0.497 e. The predicted octanol–water partition coefficient (Wildman–Crippen LogP) is 3.39. The van der Waals surface area contributed by atoms with Crippen LogP contribution in [0.15, 0.2) is 51.7 Å². The molecule has 2 heterocycles. The average Bonchev–Trinajstić information content (AvgIpc) is 2.54. The van der Waals surface area contributed by atoms with Gasteiger partial charge in [0.25, 0.3) is 0 Å². The van der Waals surface area contributed by atoms with Gasteiger partial charge in [-0.25, -0.2) is 4.79 Å². The lowest BCUT2D eigenvalue weighted by Crippen LogP contribution is -2.17. The number of methoxy groups -OCH3 is 1. The minimum absolute atomic E-state index is 0.336. The summed E-state index contributed by atoms with van der Waals surface area (Å²) in [5, 5.41) is 4.05. The summed E-state index contributed by atoms with van der Waals surface area (Å²) in [6.45, 7) is 0.628. The van der Waals surface area contributed by atoms with Gasteiger partial charge in [0, 0.05) is 17.5 Å². The molecule has 1 N–H and O–H groups in total. The first kappa shape index (κ1) is 12.0. The van der Waals surface area contributed by atoms with Crippen LogP contribution in [0.25, 0.3) is 22.1 Å². The van der Waals surface area contributed by atoms with Gasteiger partial charge in [-0.2, -0.15) is 0 Å². The molecule has 104 valence electrons. The Kier molecular flexibility index (Phi) is 2.51. The van der Waals surface area contributed by atoms with E-state index in [1.54, 1.807) is 19.2 Å². The maximum Gasteiger partial charge on any atom is 0.360 e. The zero-order chi connectivity index (χ0) is 14.4. The third-order valence-electron chi connectivity index (χ3n) is 3.86. The number of benzene rings is 2. The van der Waals surface area contributed by atoms with Crippen molar-refractivity contribution in [3.63, 3.8) is 0 Å². The zero-order valence-corrected chi connectivity index (χ0v) is 11.5. The Morgan fingerprint density at radius 1 is 1.19 bits per heavy atom. The normalized spacial score (nSPS) is 12.4. The molecule has 0 radical (unpaired) electrons. The Bertz CT molecular complexity index is 912. The van der Waals surface area contributed by atoms with Crippen LogP contribution in [0.3, 0.4) is 0 Å². The van der Waals surface area contributed by atoms with Crippen molar-refractivity contribution in [1.82, 2.24) is 0 Å². The minimum Gasteiger partial charge on any atom is -0.497 e. The number of nitrogens with one attached hydrogen (secondary N) is 1. The van der Waals surface area contributed by atoms with E-state index in [0.29, 0.717) is 17.8 Å². The average molecular weight is 279 g/mol. The quantitative estimate of drug-likeness (QED) is 0.694. The molecule has 4 nitrogen and oxygen atoms in total. The molecule has 4 heteroatoms. The molecule has 0 unspecified atom stereocenters. The van der Waals surface area contributed by atoms with Crippen LogP contribution in [0.4, 0.5) is 5.69 Å². The summed E-state index contributed by atoms with van der Waals surface area (Å²) < 4.78 is 10.7. The highest BCUT2D eigenvalue weighted by Crippen LogP contribution is 2.39. The van der Waals surface area contributed by atoms with Crippen LogP contribution < -0.4 is 15.7 Å². The van der Waals surface area contributed by atoms with Gasteiger partial charge in [-0.3, -0.25) is 0 Å². The molecule has 0 saturated heterocycles. The van der Waals surface area contributed by atoms with Crippen molar-refractivity contribution in [3.05, 3.63) is 58.4 Å². The van der Waals surface area contributed by atoms with Gasteiger partial charge in [-0.05, 0) is 29.3 Å². The molecule has 2 aromatic carbocycles. The second-order valence-corrected chi connectivity index (χ2v) is 5.01. The summed E-state index contributed by atoms with van der Waals surface area (Å²) in [6.07, 6.45) is 0. The Morgan fingerprint density at radius 3 is 2.90 bits per heavy atom. The molecule has 0 amide bonds. The summed E-state index contributed by atoms with van der Waals surface area (Å²) in [6, 6.07) is 13.5. The van der Waals surface area contributed by atoms with Gasteiger partial charge in [0.15, 0.2) is 0 Å². The van der Waals surface area contributed by atoms with Crippen LogP contribution in [0.1, 0.15) is 5.56 Å². The van der Waals surface area contributed by atoms with Crippen molar-refractivity contribution < 1.29 is 9.15 Å². The number of hydrogen-bond donors (Lipinski definition) is 1. The molecule has 0 aliphatic carbocycles. The maximum absolute atomic E-state index is 12.2.